The molecule has 2 heterocycles. The second-order valence-electron chi connectivity index (χ2n) is 8.71. The van der Waals surface area contributed by atoms with E-state index in [1.165, 1.54) is 0 Å². The lowest BCUT2D eigenvalue weighted by Gasteiger charge is -2.32. The molecule has 4 rings (SSSR count). The van der Waals surface area contributed by atoms with Gasteiger partial charge in [0.1, 0.15) is 5.82 Å². The van der Waals surface area contributed by atoms with Gasteiger partial charge in [-0.25, -0.2) is 0 Å². The van der Waals surface area contributed by atoms with Gasteiger partial charge in [0.05, 0.1) is 26.0 Å². The van der Waals surface area contributed by atoms with Crippen molar-refractivity contribution in [1.82, 2.24) is 15.1 Å². The summed E-state index contributed by atoms with van der Waals surface area (Å²) in [6.07, 6.45) is 1.76. The van der Waals surface area contributed by atoms with Gasteiger partial charge in [0.15, 0.2) is 5.70 Å². The van der Waals surface area contributed by atoms with Gasteiger partial charge in [-0.1, -0.05) is 23.2 Å². The Kier molecular flexibility index (Phi) is 8.94. The molecule has 0 spiro atoms. The number of nitrogens with two attached hydrogens (primary N) is 2. The Hall–Kier alpha value is -3.24. The molecule has 0 aromatic heterocycles. The van der Waals surface area contributed by atoms with Crippen molar-refractivity contribution in [3.8, 4) is 0 Å². The molecule has 9 nitrogen and oxygen atoms in total. The molecule has 0 saturated carbocycles. The summed E-state index contributed by atoms with van der Waals surface area (Å²) in [5.41, 5.74) is 9.44. The molecule has 2 aromatic rings. The monoisotopic (exact) mass is 545 g/mol. The molecule has 0 unspecified atom stereocenters. The van der Waals surface area contributed by atoms with Gasteiger partial charge in [-0.15, -0.1) is 0 Å². The average molecular weight is 546 g/mol. The Balaban J connectivity index is 1.47. The molecule has 6 N–H and O–H groups in total. The fraction of sp³-hybridized carbons (Fsp3) is 0.308. The minimum absolute atomic E-state index is 0.0456. The van der Waals surface area contributed by atoms with Gasteiger partial charge in [-0.05, 0) is 48.0 Å². The number of halogens is 2. The number of amides is 2. The molecular weight excluding hydrogens is 515 g/mol. The molecule has 0 aliphatic carbocycles. The van der Waals surface area contributed by atoms with Crippen molar-refractivity contribution in [3.05, 3.63) is 86.9 Å². The molecule has 1 saturated heterocycles. The summed E-state index contributed by atoms with van der Waals surface area (Å²) in [6.45, 7) is 4.06. The van der Waals surface area contributed by atoms with Crippen molar-refractivity contribution >= 4 is 40.7 Å². The topological polar surface area (TPSA) is 117 Å². The van der Waals surface area contributed by atoms with Crippen LogP contribution in [0.4, 0.5) is 5.69 Å². The zero-order valence-corrected chi connectivity index (χ0v) is 22.1. The number of quaternary nitrogens is 1. The lowest BCUT2D eigenvalue weighted by atomic mass is 10.1. The van der Waals surface area contributed by atoms with Crippen molar-refractivity contribution in [1.29, 1.82) is 0 Å². The van der Waals surface area contributed by atoms with E-state index in [0.29, 0.717) is 84.4 Å². The number of rotatable bonds is 7. The standard InChI is InChI=1S/C26H30Cl2N6O3/c1-30-22(15-23-24(29)31-8-9-34(23)16-18-14-19(27)4-7-21(18)28)25(35)32-20-5-2-17(3-6-20)26(36)33-10-12-37-13-11-33/h2-7,14-15,30-31H,8-13,16,29H2,1H3,(H,32,35)/p+1/b22-15-. The zero-order valence-electron chi connectivity index (χ0n) is 20.6. The Morgan fingerprint density at radius 2 is 1.86 bits per heavy atom. The van der Waals surface area contributed by atoms with Crippen LogP contribution in [0.15, 0.2) is 65.8 Å². The molecule has 2 aliphatic rings. The maximum Gasteiger partial charge on any atom is 0.309 e. The van der Waals surface area contributed by atoms with Crippen molar-refractivity contribution in [2.45, 2.75) is 6.54 Å². The molecule has 0 radical (unpaired) electrons. The predicted octanol–water partition coefficient (Wildman–Crippen LogP) is 1.71. The maximum absolute atomic E-state index is 13.1. The fourth-order valence-corrected chi connectivity index (χ4v) is 4.56. The molecule has 2 aliphatic heterocycles. The second-order valence-corrected chi connectivity index (χ2v) is 9.55. The summed E-state index contributed by atoms with van der Waals surface area (Å²) >= 11 is 12.6. The number of hydrogen-bond acceptors (Lipinski definition) is 6. The van der Waals surface area contributed by atoms with Gasteiger partial charge in [0.25, 0.3) is 5.91 Å². The molecular formula is C26H31Cl2N6O3+. The number of benzene rings is 2. The first-order chi connectivity index (χ1) is 17.9. The van der Waals surface area contributed by atoms with E-state index in [9.17, 15) is 9.59 Å². The van der Waals surface area contributed by atoms with Crippen LogP contribution in [-0.4, -0.2) is 68.1 Å². The van der Waals surface area contributed by atoms with Crippen LogP contribution in [0.5, 0.6) is 0 Å². The number of hydrogen-bond donors (Lipinski definition) is 4. The first-order valence-corrected chi connectivity index (χ1v) is 12.8. The highest BCUT2D eigenvalue weighted by molar-refractivity contribution is 6.33. The minimum atomic E-state index is -0.290. The molecule has 2 aromatic carbocycles. The molecule has 196 valence electrons. The highest BCUT2D eigenvalue weighted by Crippen LogP contribution is 2.25. The van der Waals surface area contributed by atoms with E-state index in [2.05, 4.69) is 15.5 Å². The maximum atomic E-state index is 13.1. The molecule has 37 heavy (non-hydrogen) atoms. The second kappa shape index (κ2) is 12.3. The van der Waals surface area contributed by atoms with Gasteiger partial charge in [0, 0.05) is 60.1 Å². The van der Waals surface area contributed by atoms with Crippen molar-refractivity contribution in [2.24, 2.45) is 5.73 Å². The van der Waals surface area contributed by atoms with E-state index in [-0.39, 0.29) is 11.8 Å². The number of anilines is 1. The third kappa shape index (κ3) is 6.75. The fourth-order valence-electron chi connectivity index (χ4n) is 4.19. The molecule has 11 heteroatoms. The first-order valence-electron chi connectivity index (χ1n) is 12.1. The average Bonchev–Trinajstić information content (AvgIpc) is 2.91. The largest absolute Gasteiger partial charge is 0.384 e. The highest BCUT2D eigenvalue weighted by Gasteiger charge is 2.23. The van der Waals surface area contributed by atoms with Crippen LogP contribution in [0.2, 0.25) is 10.0 Å². The minimum Gasteiger partial charge on any atom is -0.384 e. The Bertz CT molecular complexity index is 1210. The van der Waals surface area contributed by atoms with E-state index in [1.807, 2.05) is 6.07 Å². The van der Waals surface area contributed by atoms with Crippen molar-refractivity contribution in [2.75, 3.05) is 51.8 Å². The molecule has 0 atom stereocenters. The number of ether oxygens (including phenoxy) is 1. The van der Waals surface area contributed by atoms with Crippen LogP contribution in [0, 0.1) is 0 Å². The summed E-state index contributed by atoms with van der Waals surface area (Å²) < 4.78 is 5.31. The zero-order chi connectivity index (χ0) is 26.4. The summed E-state index contributed by atoms with van der Waals surface area (Å²) in [6, 6.07) is 12.2. The number of nitrogens with zero attached hydrogens (tertiary/aromatic N) is 2. The summed E-state index contributed by atoms with van der Waals surface area (Å²) in [7, 11) is 1.79. The van der Waals surface area contributed by atoms with Crippen LogP contribution in [0.3, 0.4) is 0 Å². The quantitative estimate of drug-likeness (QED) is 0.393. The lowest BCUT2D eigenvalue weighted by molar-refractivity contribution is -0.569. The number of carbonyl (C=O) groups excluding carboxylic acids is 2. The SMILES string of the molecule is C[NH2+]/C(=C\C1=C(N)NCCN1Cc1cc(Cl)ccc1Cl)C(=O)Nc1ccc(C(=O)N2CCOCC2)cc1. The lowest BCUT2D eigenvalue weighted by Crippen LogP contribution is -2.79. The van der Waals surface area contributed by atoms with E-state index < -0.39 is 0 Å². The van der Waals surface area contributed by atoms with Gasteiger partial charge < -0.3 is 36.2 Å². The summed E-state index contributed by atoms with van der Waals surface area (Å²) in [4.78, 5) is 29.6. The normalized spacial score (nSPS) is 16.5. The number of morpholine rings is 1. The number of allylic oxidation sites excluding steroid dienone is 1. The Morgan fingerprint density at radius 3 is 2.57 bits per heavy atom. The molecule has 1 fully saturated rings. The van der Waals surface area contributed by atoms with E-state index in [0.717, 1.165) is 5.56 Å². The van der Waals surface area contributed by atoms with Crippen molar-refractivity contribution in [3.63, 3.8) is 0 Å². The van der Waals surface area contributed by atoms with Crippen LogP contribution in [-0.2, 0) is 16.1 Å². The van der Waals surface area contributed by atoms with Crippen LogP contribution in [0.25, 0.3) is 0 Å². The number of nitrogens with one attached hydrogen (secondary N) is 2. The van der Waals surface area contributed by atoms with Gasteiger partial charge >= 0.3 is 5.91 Å². The molecule has 0 bridgehead atoms. The van der Waals surface area contributed by atoms with E-state index in [4.69, 9.17) is 33.7 Å². The van der Waals surface area contributed by atoms with Crippen LogP contribution < -0.4 is 21.7 Å². The van der Waals surface area contributed by atoms with Gasteiger partial charge in [0.2, 0.25) is 0 Å². The van der Waals surface area contributed by atoms with Crippen LogP contribution >= 0.6 is 23.2 Å². The van der Waals surface area contributed by atoms with Gasteiger partial charge in [-0.2, -0.15) is 0 Å². The molecule has 2 amide bonds. The Morgan fingerprint density at radius 1 is 1.14 bits per heavy atom. The van der Waals surface area contributed by atoms with Gasteiger partial charge in [-0.3, -0.25) is 9.59 Å². The number of carbonyl (C=O) groups is 2. The number of likely N-dealkylation sites (N-methyl/N-ethyl adjacent to an activating group) is 1. The van der Waals surface area contributed by atoms with E-state index >= 15 is 0 Å². The smallest absolute Gasteiger partial charge is 0.309 e. The Labute approximate surface area is 226 Å². The summed E-state index contributed by atoms with van der Waals surface area (Å²) in [5, 5.41) is 9.00. The van der Waals surface area contributed by atoms with Crippen LogP contribution in [0.1, 0.15) is 15.9 Å². The summed E-state index contributed by atoms with van der Waals surface area (Å²) in [5.74, 6) is 0.139. The highest BCUT2D eigenvalue weighted by atomic mass is 35.5. The first kappa shape index (κ1) is 26.8. The predicted molar refractivity (Wildman–Crippen MR) is 144 cm³/mol. The van der Waals surface area contributed by atoms with Crippen molar-refractivity contribution < 1.29 is 19.6 Å². The third-order valence-corrected chi connectivity index (χ3v) is 6.84. The van der Waals surface area contributed by atoms with E-state index in [1.54, 1.807) is 59.7 Å². The third-order valence-electron chi connectivity index (χ3n) is 6.24.